The van der Waals surface area contributed by atoms with Gasteiger partial charge in [-0.05, 0) is 37.3 Å². The molecule has 2 fully saturated rings. The number of hydrogen-bond acceptors (Lipinski definition) is 10. The summed E-state index contributed by atoms with van der Waals surface area (Å²) in [5.74, 6) is 0.287. The topological polar surface area (TPSA) is 172 Å². The fraction of sp³-hybridized carbons (Fsp3) is 0.419. The van der Waals surface area contributed by atoms with E-state index in [9.17, 15) is 15.0 Å². The van der Waals surface area contributed by atoms with Crippen LogP contribution < -0.4 is 21.7 Å². The van der Waals surface area contributed by atoms with Crippen LogP contribution in [0.25, 0.3) is 11.2 Å². The van der Waals surface area contributed by atoms with Crippen molar-refractivity contribution in [2.24, 2.45) is 5.73 Å². The number of likely N-dealkylation sites (N-methyl/N-ethyl adjacent to an activating group) is 1. The standard InChI is InChI=1S/C31H38N8O4/c1-2-33-29(42)26-24(40)25(41)30(43-26)39-17-35-23-27(37-31(38-28(23)39)36-21-14-13-20(32)15-21)34-16-22(18-9-5-3-6-10-18)19-11-7-4-8-12-19/h3-12,17,20-22,24-26,30,40-41H,2,13-16,32H2,1H3,(H,33,42)(H2,34,36,37,38)/t20-,21-,24-,25+,26-,30+/m0/s1/i1D. The summed E-state index contributed by atoms with van der Waals surface area (Å²) in [6, 6.07) is 20.7. The van der Waals surface area contributed by atoms with Gasteiger partial charge in [-0.3, -0.25) is 9.36 Å². The number of amides is 1. The molecule has 6 atom stereocenters. The molecule has 0 radical (unpaired) electrons. The van der Waals surface area contributed by atoms with Gasteiger partial charge in [-0.1, -0.05) is 60.7 Å². The van der Waals surface area contributed by atoms with Gasteiger partial charge >= 0.3 is 0 Å². The van der Waals surface area contributed by atoms with Gasteiger partial charge in [0.15, 0.2) is 29.3 Å². The number of carbonyl (C=O) groups is 1. The molecule has 2 aromatic carbocycles. The highest BCUT2D eigenvalue weighted by atomic mass is 16.6. The van der Waals surface area contributed by atoms with E-state index in [1.165, 1.54) is 10.9 Å². The van der Waals surface area contributed by atoms with Gasteiger partial charge in [0.1, 0.15) is 12.2 Å². The first-order valence-electron chi connectivity index (χ1n) is 15.3. The minimum Gasteiger partial charge on any atom is -0.387 e. The molecule has 1 saturated carbocycles. The molecule has 43 heavy (non-hydrogen) atoms. The minimum atomic E-state index is -1.47. The molecule has 0 bridgehead atoms. The zero-order valence-electron chi connectivity index (χ0n) is 24.7. The maximum atomic E-state index is 12.6. The summed E-state index contributed by atoms with van der Waals surface area (Å²) in [4.78, 5) is 26.7. The van der Waals surface area contributed by atoms with E-state index >= 15 is 0 Å². The molecule has 0 spiro atoms. The number of nitrogens with zero attached hydrogens (tertiary/aromatic N) is 4. The van der Waals surface area contributed by atoms with Crippen molar-refractivity contribution in [1.82, 2.24) is 24.8 Å². The number of aliphatic hydroxyl groups excluding tert-OH is 2. The molecule has 6 rings (SSSR count). The fourth-order valence-corrected chi connectivity index (χ4v) is 5.95. The van der Waals surface area contributed by atoms with Crippen LogP contribution in [0, 0.1) is 0 Å². The Balaban J connectivity index is 1.34. The normalized spacial score (nSPS) is 25.6. The molecule has 4 aromatic rings. The number of aliphatic hydroxyl groups is 2. The van der Waals surface area contributed by atoms with E-state index in [4.69, 9.17) is 21.8 Å². The van der Waals surface area contributed by atoms with Gasteiger partial charge in [-0.25, -0.2) is 4.98 Å². The van der Waals surface area contributed by atoms with Gasteiger partial charge in [0.2, 0.25) is 5.95 Å². The van der Waals surface area contributed by atoms with Crippen molar-refractivity contribution in [3.63, 3.8) is 0 Å². The van der Waals surface area contributed by atoms with E-state index in [-0.39, 0.29) is 31.4 Å². The molecule has 1 aliphatic heterocycles. The summed E-state index contributed by atoms with van der Waals surface area (Å²) in [5.41, 5.74) is 9.27. The maximum absolute atomic E-state index is 12.6. The fourth-order valence-electron chi connectivity index (χ4n) is 5.95. The number of nitrogens with one attached hydrogen (secondary N) is 3. The summed E-state index contributed by atoms with van der Waals surface area (Å²) < 4.78 is 14.7. The maximum Gasteiger partial charge on any atom is 0.252 e. The molecule has 2 aromatic heterocycles. The van der Waals surface area contributed by atoms with Crippen molar-refractivity contribution in [3.8, 4) is 0 Å². The molecule has 12 heteroatoms. The van der Waals surface area contributed by atoms with Gasteiger partial charge in [-0.15, -0.1) is 0 Å². The number of nitrogens with two attached hydrogens (primary N) is 1. The number of ether oxygens (including phenoxy) is 1. The third-order valence-electron chi connectivity index (χ3n) is 8.18. The third-order valence-corrected chi connectivity index (χ3v) is 8.18. The third kappa shape index (κ3) is 6.04. The molecule has 0 unspecified atom stereocenters. The lowest BCUT2D eigenvalue weighted by Crippen LogP contribution is -2.42. The Morgan fingerprint density at radius 2 is 1.81 bits per heavy atom. The van der Waals surface area contributed by atoms with Crippen LogP contribution in [0.1, 0.15) is 50.8 Å². The number of carbonyl (C=O) groups excluding carboxylic acids is 1. The number of anilines is 2. The second-order valence-electron chi connectivity index (χ2n) is 11.1. The monoisotopic (exact) mass is 587 g/mol. The number of rotatable bonds is 10. The quantitative estimate of drug-likeness (QED) is 0.161. The SMILES string of the molecule is [2H]CCNC(=O)[C@H]1O[C@@H](n2cnc3c(NCC(c4ccccc4)c4ccccc4)nc(N[C@H]4CC[C@H](N)C4)nc32)[C@H](O)[C@@H]1O. The number of aromatic nitrogens is 4. The number of benzene rings is 2. The number of fused-ring (bicyclic) bond motifs is 1. The summed E-state index contributed by atoms with van der Waals surface area (Å²) in [6.07, 6.45) is -1.28. The van der Waals surface area contributed by atoms with Crippen LogP contribution in [0.2, 0.25) is 0 Å². The molecule has 226 valence electrons. The average molecular weight is 588 g/mol. The molecule has 1 aliphatic carbocycles. The molecule has 2 aliphatic rings. The average Bonchev–Trinajstić information content (AvgIpc) is 3.74. The highest BCUT2D eigenvalue weighted by Crippen LogP contribution is 2.34. The van der Waals surface area contributed by atoms with Crippen molar-refractivity contribution < 1.29 is 21.1 Å². The smallest absolute Gasteiger partial charge is 0.252 e. The van der Waals surface area contributed by atoms with Crippen LogP contribution >= 0.6 is 0 Å². The van der Waals surface area contributed by atoms with Crippen molar-refractivity contribution in [2.75, 3.05) is 23.7 Å². The second-order valence-corrected chi connectivity index (χ2v) is 11.1. The zero-order valence-corrected chi connectivity index (χ0v) is 23.7. The predicted molar refractivity (Wildman–Crippen MR) is 162 cm³/mol. The van der Waals surface area contributed by atoms with E-state index in [1.54, 1.807) is 0 Å². The molecule has 12 nitrogen and oxygen atoms in total. The lowest BCUT2D eigenvalue weighted by atomic mass is 9.91. The van der Waals surface area contributed by atoms with Crippen LogP contribution in [-0.2, 0) is 9.53 Å². The van der Waals surface area contributed by atoms with Crippen LogP contribution in [0.15, 0.2) is 67.0 Å². The Bertz CT molecular complexity index is 1520. The lowest BCUT2D eigenvalue weighted by Gasteiger charge is -2.20. The van der Waals surface area contributed by atoms with Gasteiger partial charge in [0.25, 0.3) is 5.91 Å². The van der Waals surface area contributed by atoms with Crippen LogP contribution in [0.3, 0.4) is 0 Å². The van der Waals surface area contributed by atoms with E-state index in [0.717, 1.165) is 30.4 Å². The van der Waals surface area contributed by atoms with Crippen LogP contribution in [-0.4, -0.2) is 79.1 Å². The Morgan fingerprint density at radius 1 is 1.09 bits per heavy atom. The Hall–Kier alpha value is -4.10. The molecular formula is C31H38N8O4. The molecular weight excluding hydrogens is 548 g/mol. The molecule has 1 saturated heterocycles. The van der Waals surface area contributed by atoms with Gasteiger partial charge < -0.3 is 36.6 Å². The Labute approximate surface area is 251 Å². The Kier molecular flexibility index (Phi) is 8.15. The van der Waals surface area contributed by atoms with E-state index in [1.807, 2.05) is 36.4 Å². The highest BCUT2D eigenvalue weighted by molar-refractivity contribution is 5.85. The van der Waals surface area contributed by atoms with Crippen molar-refractivity contribution in [1.29, 1.82) is 0 Å². The summed E-state index contributed by atoms with van der Waals surface area (Å²) in [5, 5.41) is 31.1. The van der Waals surface area contributed by atoms with Crippen LogP contribution in [0.4, 0.5) is 11.8 Å². The molecule has 1 amide bonds. The summed E-state index contributed by atoms with van der Waals surface area (Å²) in [7, 11) is 0. The first-order valence-corrected chi connectivity index (χ1v) is 14.6. The minimum absolute atomic E-state index is 0.0174. The van der Waals surface area contributed by atoms with Crippen LogP contribution in [0.5, 0.6) is 0 Å². The van der Waals surface area contributed by atoms with Crippen molar-refractivity contribution in [3.05, 3.63) is 78.1 Å². The van der Waals surface area contributed by atoms with Crippen molar-refractivity contribution in [2.45, 2.75) is 68.7 Å². The van der Waals surface area contributed by atoms with Gasteiger partial charge in [-0.2, -0.15) is 9.97 Å². The summed E-state index contributed by atoms with van der Waals surface area (Å²) >= 11 is 0. The van der Waals surface area contributed by atoms with E-state index < -0.39 is 30.4 Å². The molecule has 7 N–H and O–H groups in total. The van der Waals surface area contributed by atoms with E-state index in [0.29, 0.717) is 29.5 Å². The zero-order chi connectivity index (χ0) is 30.6. The van der Waals surface area contributed by atoms with Crippen molar-refractivity contribution >= 4 is 28.8 Å². The Morgan fingerprint density at radius 3 is 2.47 bits per heavy atom. The van der Waals surface area contributed by atoms with Gasteiger partial charge in [0.05, 0.1) is 6.33 Å². The first kappa shape index (κ1) is 27.7. The number of hydrogen-bond donors (Lipinski definition) is 6. The molecule has 3 heterocycles. The summed E-state index contributed by atoms with van der Waals surface area (Å²) in [6.45, 7) is 0.603. The highest BCUT2D eigenvalue weighted by Gasteiger charge is 2.47. The first-order chi connectivity index (χ1) is 21.4. The second kappa shape index (κ2) is 12.6. The van der Waals surface area contributed by atoms with Gasteiger partial charge in [0, 0.05) is 32.5 Å². The predicted octanol–water partition coefficient (Wildman–Crippen LogP) is 2.12. The van der Waals surface area contributed by atoms with E-state index in [2.05, 4.69) is 45.2 Å². The lowest BCUT2D eigenvalue weighted by molar-refractivity contribution is -0.137. The number of imidazole rings is 1. The largest absolute Gasteiger partial charge is 0.387 e.